The number of aromatic nitrogens is 2. The molecule has 0 saturated heterocycles. The monoisotopic (exact) mass is 481 g/mol. The molecule has 0 aliphatic rings. The molecule has 1 N–H and O–H groups in total. The molecule has 1 heterocycles. The fourth-order valence-electron chi connectivity index (χ4n) is 3.74. The van der Waals surface area contributed by atoms with Crippen LogP contribution in [0.5, 0.6) is 17.4 Å². The molecule has 8 nitrogen and oxygen atoms in total. The van der Waals surface area contributed by atoms with E-state index in [1.807, 2.05) is 61.6 Å². The van der Waals surface area contributed by atoms with E-state index in [2.05, 4.69) is 11.5 Å². The van der Waals surface area contributed by atoms with Crippen LogP contribution in [0.25, 0.3) is 11.3 Å². The number of rotatable bonds is 15. The van der Waals surface area contributed by atoms with E-state index in [1.54, 1.807) is 25.0 Å². The summed E-state index contributed by atoms with van der Waals surface area (Å²) < 4.78 is 24.2. The normalized spacial score (nSPS) is 12.0. The summed E-state index contributed by atoms with van der Waals surface area (Å²) in [6, 6.07) is 17.5. The van der Waals surface area contributed by atoms with E-state index in [-0.39, 0.29) is 6.61 Å². The number of ether oxygens (including phenoxy) is 4. The second-order valence-electron chi connectivity index (χ2n) is 8.11. The minimum atomic E-state index is -0.661. The van der Waals surface area contributed by atoms with Crippen molar-refractivity contribution in [3.63, 3.8) is 0 Å². The zero-order valence-electron chi connectivity index (χ0n) is 20.7. The van der Waals surface area contributed by atoms with Gasteiger partial charge in [-0.3, -0.25) is 4.90 Å². The first kappa shape index (κ1) is 26.4. The Morgan fingerprint density at radius 3 is 2.60 bits per heavy atom. The van der Waals surface area contributed by atoms with Crippen molar-refractivity contribution in [3.05, 3.63) is 72.8 Å². The van der Waals surface area contributed by atoms with Crippen LogP contribution in [0.1, 0.15) is 5.56 Å². The van der Waals surface area contributed by atoms with Gasteiger partial charge in [-0.2, -0.15) is 5.10 Å². The summed E-state index contributed by atoms with van der Waals surface area (Å²) in [5, 5.41) is 15.4. The number of hydrogen-bond donors (Lipinski definition) is 1. The summed E-state index contributed by atoms with van der Waals surface area (Å²) >= 11 is 0. The van der Waals surface area contributed by atoms with Gasteiger partial charge in [-0.05, 0) is 12.1 Å². The third-order valence-electron chi connectivity index (χ3n) is 5.40. The number of hydrogen-bond acceptors (Lipinski definition) is 7. The number of aliphatic hydroxyl groups is 1. The highest BCUT2D eigenvalue weighted by molar-refractivity contribution is 5.65. The number of aryl methyl sites for hydroxylation is 1. The van der Waals surface area contributed by atoms with Gasteiger partial charge in [-0.15, -0.1) is 6.58 Å². The lowest BCUT2D eigenvalue weighted by molar-refractivity contribution is 0.0193. The van der Waals surface area contributed by atoms with Crippen molar-refractivity contribution < 1.29 is 24.1 Å². The molecule has 0 aliphatic carbocycles. The van der Waals surface area contributed by atoms with E-state index in [0.29, 0.717) is 50.2 Å². The fraction of sp³-hybridized carbons (Fsp3) is 0.370. The highest BCUT2D eigenvalue weighted by atomic mass is 16.5. The van der Waals surface area contributed by atoms with Crippen LogP contribution in [-0.4, -0.2) is 73.0 Å². The molecule has 0 saturated carbocycles. The summed E-state index contributed by atoms with van der Waals surface area (Å²) in [6.07, 6.45) is 1.01. The molecule has 0 aliphatic heterocycles. The van der Waals surface area contributed by atoms with Crippen LogP contribution in [0.2, 0.25) is 0 Å². The van der Waals surface area contributed by atoms with Gasteiger partial charge in [0.05, 0.1) is 38.6 Å². The largest absolute Gasteiger partial charge is 0.497 e. The van der Waals surface area contributed by atoms with Crippen LogP contribution in [0.3, 0.4) is 0 Å². The van der Waals surface area contributed by atoms with Crippen LogP contribution in [0.15, 0.2) is 67.3 Å². The molecule has 3 rings (SSSR count). The standard InChI is InChI=1S/C27H35N3O5/c1-5-15-34-20-22(31)18-30(14-16-32-3)19-25-26(21-10-7-6-8-11-21)28-29(2)27(25)35-24-13-9-12-23(17-24)33-4/h5-13,17,22,31H,1,14-16,18-20H2,2-4H3. The van der Waals surface area contributed by atoms with Crippen LogP contribution < -0.4 is 9.47 Å². The Morgan fingerprint density at radius 1 is 1.11 bits per heavy atom. The van der Waals surface area contributed by atoms with E-state index in [9.17, 15) is 5.11 Å². The van der Waals surface area contributed by atoms with Crippen LogP contribution in [0, 0.1) is 0 Å². The minimum absolute atomic E-state index is 0.223. The van der Waals surface area contributed by atoms with Crippen molar-refractivity contribution in [3.8, 4) is 28.6 Å². The van der Waals surface area contributed by atoms with Crippen molar-refractivity contribution in [2.24, 2.45) is 7.05 Å². The fourth-order valence-corrected chi connectivity index (χ4v) is 3.74. The molecule has 3 aromatic rings. The Labute approximate surface area is 207 Å². The lowest BCUT2D eigenvalue weighted by Gasteiger charge is -2.25. The first-order chi connectivity index (χ1) is 17.0. The molecule has 1 aromatic heterocycles. The molecule has 1 atom stereocenters. The van der Waals surface area contributed by atoms with Gasteiger partial charge < -0.3 is 24.1 Å². The van der Waals surface area contributed by atoms with Crippen molar-refractivity contribution in [2.75, 3.05) is 47.1 Å². The van der Waals surface area contributed by atoms with Crippen molar-refractivity contribution >= 4 is 0 Å². The molecule has 0 radical (unpaired) electrons. The maximum Gasteiger partial charge on any atom is 0.222 e. The van der Waals surface area contributed by atoms with Crippen LogP contribution in [0.4, 0.5) is 0 Å². The Kier molecular flexibility index (Phi) is 10.3. The highest BCUT2D eigenvalue weighted by Gasteiger charge is 2.23. The molecule has 0 amide bonds. The van der Waals surface area contributed by atoms with Gasteiger partial charge in [0.15, 0.2) is 0 Å². The Bertz CT molecular complexity index is 1050. The molecule has 188 valence electrons. The first-order valence-electron chi connectivity index (χ1n) is 11.6. The smallest absolute Gasteiger partial charge is 0.222 e. The number of methoxy groups -OCH3 is 2. The van der Waals surface area contributed by atoms with Crippen LogP contribution in [-0.2, 0) is 23.1 Å². The summed E-state index contributed by atoms with van der Waals surface area (Å²) in [7, 11) is 5.15. The van der Waals surface area contributed by atoms with Crippen molar-refractivity contribution in [1.29, 1.82) is 0 Å². The van der Waals surface area contributed by atoms with E-state index < -0.39 is 6.10 Å². The number of nitrogens with zero attached hydrogens (tertiary/aromatic N) is 3. The zero-order chi connectivity index (χ0) is 25.0. The maximum atomic E-state index is 10.6. The summed E-state index contributed by atoms with van der Waals surface area (Å²) in [5.41, 5.74) is 2.72. The van der Waals surface area contributed by atoms with E-state index in [4.69, 9.17) is 24.0 Å². The third-order valence-corrected chi connectivity index (χ3v) is 5.40. The molecule has 2 aromatic carbocycles. The SMILES string of the molecule is C=CCOCC(O)CN(CCOC)Cc1c(-c2ccccc2)nn(C)c1Oc1cccc(OC)c1. The Balaban J connectivity index is 1.94. The van der Waals surface area contributed by atoms with Gasteiger partial charge in [0.1, 0.15) is 17.2 Å². The summed E-state index contributed by atoms with van der Waals surface area (Å²) in [4.78, 5) is 2.12. The molecule has 0 spiro atoms. The molecule has 35 heavy (non-hydrogen) atoms. The van der Waals surface area contributed by atoms with Gasteiger partial charge >= 0.3 is 0 Å². The Morgan fingerprint density at radius 2 is 1.89 bits per heavy atom. The number of benzene rings is 2. The Hall–Kier alpha value is -3.17. The average molecular weight is 482 g/mol. The molecule has 1 unspecified atom stereocenters. The van der Waals surface area contributed by atoms with Gasteiger partial charge in [0, 0.05) is 45.4 Å². The lowest BCUT2D eigenvalue weighted by atomic mass is 10.1. The predicted molar refractivity (Wildman–Crippen MR) is 136 cm³/mol. The minimum Gasteiger partial charge on any atom is -0.497 e. The van der Waals surface area contributed by atoms with E-state index in [1.165, 1.54) is 0 Å². The molecular weight excluding hydrogens is 446 g/mol. The second kappa shape index (κ2) is 13.7. The summed E-state index contributed by atoms with van der Waals surface area (Å²) in [5.74, 6) is 1.98. The third kappa shape index (κ3) is 7.66. The van der Waals surface area contributed by atoms with Gasteiger partial charge in [-0.25, -0.2) is 4.68 Å². The van der Waals surface area contributed by atoms with Gasteiger partial charge in [-0.1, -0.05) is 42.5 Å². The molecular formula is C27H35N3O5. The average Bonchev–Trinajstić information content (AvgIpc) is 3.18. The molecule has 0 bridgehead atoms. The van der Waals surface area contributed by atoms with E-state index >= 15 is 0 Å². The van der Waals surface area contributed by atoms with Crippen LogP contribution >= 0.6 is 0 Å². The lowest BCUT2D eigenvalue weighted by Crippen LogP contribution is -2.36. The van der Waals surface area contributed by atoms with Gasteiger partial charge in [0.2, 0.25) is 5.88 Å². The second-order valence-corrected chi connectivity index (χ2v) is 8.11. The number of aliphatic hydroxyl groups excluding tert-OH is 1. The topological polar surface area (TPSA) is 78.2 Å². The maximum absolute atomic E-state index is 10.6. The molecule has 0 fully saturated rings. The molecule has 8 heteroatoms. The van der Waals surface area contributed by atoms with E-state index in [0.717, 1.165) is 16.8 Å². The van der Waals surface area contributed by atoms with Gasteiger partial charge in [0.25, 0.3) is 0 Å². The highest BCUT2D eigenvalue weighted by Crippen LogP contribution is 2.35. The first-order valence-corrected chi connectivity index (χ1v) is 11.6. The summed E-state index contributed by atoms with van der Waals surface area (Å²) in [6.45, 7) is 6.31. The van der Waals surface area contributed by atoms with Crippen molar-refractivity contribution in [2.45, 2.75) is 12.6 Å². The zero-order valence-corrected chi connectivity index (χ0v) is 20.7. The van der Waals surface area contributed by atoms with Crippen molar-refractivity contribution in [1.82, 2.24) is 14.7 Å². The predicted octanol–water partition coefficient (Wildman–Crippen LogP) is 3.90. The quantitative estimate of drug-likeness (QED) is 0.261.